The van der Waals surface area contributed by atoms with Crippen molar-refractivity contribution in [2.45, 2.75) is 20.3 Å². The Balaban J connectivity index is 2.70. The summed E-state index contributed by atoms with van der Waals surface area (Å²) in [6.45, 7) is 3.14. The number of rotatable bonds is 1. The van der Waals surface area contributed by atoms with Crippen molar-refractivity contribution >= 4 is 17.5 Å². The summed E-state index contributed by atoms with van der Waals surface area (Å²) in [5, 5.41) is 2.42. The monoisotopic (exact) mass is 166 g/mol. The highest BCUT2D eigenvalue weighted by atomic mass is 16.2. The molecule has 0 spiro atoms. The van der Waals surface area contributed by atoms with Crippen molar-refractivity contribution in [1.29, 1.82) is 0 Å². The van der Waals surface area contributed by atoms with Crippen molar-refractivity contribution in [3.63, 3.8) is 0 Å². The number of hydrogen-bond acceptors (Lipinski definition) is 2. The highest BCUT2D eigenvalue weighted by Gasteiger charge is 2.13. The number of dihydropyridines is 1. The van der Waals surface area contributed by atoms with E-state index in [1.54, 1.807) is 13.0 Å². The number of allylic oxidation sites excluding steroid dienone is 1. The van der Waals surface area contributed by atoms with Gasteiger partial charge < -0.3 is 5.32 Å². The molecule has 0 unspecified atom stereocenters. The number of amides is 2. The molecule has 4 heteroatoms. The topological polar surface area (TPSA) is 58.5 Å². The molecule has 12 heavy (non-hydrogen) atoms. The van der Waals surface area contributed by atoms with Crippen LogP contribution in [0.5, 0.6) is 0 Å². The summed E-state index contributed by atoms with van der Waals surface area (Å²) in [4.78, 5) is 25.4. The third-order valence-corrected chi connectivity index (χ3v) is 1.44. The smallest absolute Gasteiger partial charge is 0.293 e. The summed E-state index contributed by atoms with van der Waals surface area (Å²) in [7, 11) is 0. The van der Waals surface area contributed by atoms with Crippen LogP contribution in [0.1, 0.15) is 20.3 Å². The van der Waals surface area contributed by atoms with Crippen LogP contribution < -0.4 is 5.32 Å². The van der Waals surface area contributed by atoms with Crippen molar-refractivity contribution in [1.82, 2.24) is 5.32 Å². The van der Waals surface area contributed by atoms with E-state index in [0.717, 1.165) is 5.71 Å². The van der Waals surface area contributed by atoms with Gasteiger partial charge in [0.1, 0.15) is 5.70 Å². The lowest BCUT2D eigenvalue weighted by Crippen LogP contribution is -2.26. The maximum Gasteiger partial charge on any atom is 0.293 e. The number of carbonyl (C=O) groups is 2. The molecule has 0 radical (unpaired) electrons. The summed E-state index contributed by atoms with van der Waals surface area (Å²) in [5.74, 6) is -0.613. The number of hydrogen-bond donors (Lipinski definition) is 1. The van der Waals surface area contributed by atoms with Crippen LogP contribution in [0.3, 0.4) is 0 Å². The van der Waals surface area contributed by atoms with Crippen LogP contribution in [0.4, 0.5) is 0 Å². The predicted molar refractivity (Wildman–Crippen MR) is 44.6 cm³/mol. The second kappa shape index (κ2) is 3.30. The van der Waals surface area contributed by atoms with Gasteiger partial charge in [0, 0.05) is 19.1 Å². The zero-order chi connectivity index (χ0) is 9.14. The number of aliphatic imine (C=N–C) groups is 1. The van der Waals surface area contributed by atoms with E-state index in [2.05, 4.69) is 10.3 Å². The maximum absolute atomic E-state index is 11.1. The second-order valence-corrected chi connectivity index (χ2v) is 2.66. The Hall–Kier alpha value is -1.45. The molecule has 64 valence electrons. The van der Waals surface area contributed by atoms with Crippen molar-refractivity contribution in [3.05, 3.63) is 11.8 Å². The van der Waals surface area contributed by atoms with Crippen LogP contribution in [0.15, 0.2) is 16.8 Å². The fourth-order valence-electron chi connectivity index (χ4n) is 0.910. The minimum absolute atomic E-state index is 0.246. The molecule has 4 nitrogen and oxygen atoms in total. The maximum atomic E-state index is 11.1. The number of nitrogens with zero attached hydrogens (tertiary/aromatic N) is 1. The Bertz CT molecular complexity index is 289. The first kappa shape index (κ1) is 8.64. The zero-order valence-corrected chi connectivity index (χ0v) is 7.05. The van der Waals surface area contributed by atoms with Crippen LogP contribution in [0.2, 0.25) is 0 Å². The lowest BCUT2D eigenvalue weighted by atomic mass is 10.2. The predicted octanol–water partition coefficient (Wildman–Crippen LogP) is 0.398. The number of carbonyl (C=O) groups excluding carboxylic acids is 2. The highest BCUT2D eigenvalue weighted by Crippen LogP contribution is 2.04. The van der Waals surface area contributed by atoms with Gasteiger partial charge >= 0.3 is 0 Å². The fraction of sp³-hybridized carbons (Fsp3) is 0.375. The average Bonchev–Trinajstić information content (AvgIpc) is 1.94. The van der Waals surface area contributed by atoms with Gasteiger partial charge in [-0.3, -0.25) is 9.59 Å². The van der Waals surface area contributed by atoms with Gasteiger partial charge in [-0.05, 0) is 13.0 Å². The van der Waals surface area contributed by atoms with E-state index >= 15 is 0 Å². The minimum Gasteiger partial charge on any atom is -0.322 e. The molecule has 0 aromatic rings. The molecule has 0 aromatic carbocycles. The Morgan fingerprint density at radius 3 is 2.83 bits per heavy atom. The van der Waals surface area contributed by atoms with E-state index in [9.17, 15) is 9.59 Å². The standard InChI is InChI=1S/C8H10N2O2/c1-5-3-4-7(8(12)9-5)10-6(2)11/h4H,3H2,1-2H3,(H,10,11). The summed E-state index contributed by atoms with van der Waals surface area (Å²) in [5.41, 5.74) is 1.06. The summed E-state index contributed by atoms with van der Waals surface area (Å²) in [6, 6.07) is 0. The molecular formula is C8H10N2O2. The van der Waals surface area contributed by atoms with Crippen molar-refractivity contribution in [3.8, 4) is 0 Å². The van der Waals surface area contributed by atoms with Crippen LogP contribution >= 0.6 is 0 Å². The van der Waals surface area contributed by atoms with Gasteiger partial charge in [-0.25, -0.2) is 4.99 Å². The Kier molecular flexibility index (Phi) is 2.38. The van der Waals surface area contributed by atoms with Gasteiger partial charge in [0.15, 0.2) is 0 Å². The van der Waals surface area contributed by atoms with Crippen LogP contribution in [0.25, 0.3) is 0 Å². The highest BCUT2D eigenvalue weighted by molar-refractivity contribution is 6.07. The molecule has 0 atom stereocenters. The van der Waals surface area contributed by atoms with Gasteiger partial charge in [0.2, 0.25) is 5.91 Å². The third kappa shape index (κ3) is 2.02. The molecule has 2 amide bonds. The van der Waals surface area contributed by atoms with Gasteiger partial charge in [0.05, 0.1) is 0 Å². The third-order valence-electron chi connectivity index (χ3n) is 1.44. The average molecular weight is 166 g/mol. The quantitative estimate of drug-likeness (QED) is 0.612. The van der Waals surface area contributed by atoms with E-state index in [4.69, 9.17) is 0 Å². The molecule has 1 heterocycles. The molecule has 0 saturated carbocycles. The van der Waals surface area contributed by atoms with Gasteiger partial charge in [-0.15, -0.1) is 0 Å². The molecule has 1 rings (SSSR count). The van der Waals surface area contributed by atoms with E-state index < -0.39 is 0 Å². The molecule has 0 aromatic heterocycles. The van der Waals surface area contributed by atoms with Crippen molar-refractivity contribution in [2.75, 3.05) is 0 Å². The largest absolute Gasteiger partial charge is 0.322 e. The van der Waals surface area contributed by atoms with Crippen LogP contribution in [-0.2, 0) is 9.59 Å². The first-order chi connectivity index (χ1) is 5.59. The van der Waals surface area contributed by atoms with Gasteiger partial charge in [-0.1, -0.05) is 0 Å². The first-order valence-electron chi connectivity index (χ1n) is 3.66. The molecule has 0 fully saturated rings. The molecule has 1 aliphatic heterocycles. The first-order valence-corrected chi connectivity index (χ1v) is 3.66. The second-order valence-electron chi connectivity index (χ2n) is 2.66. The van der Waals surface area contributed by atoms with E-state index in [-0.39, 0.29) is 17.5 Å². The molecule has 1 aliphatic rings. The Labute approximate surface area is 70.4 Å². The SMILES string of the molecule is CC(=O)NC1=CCC(C)=NC1=O. The molecule has 1 N–H and O–H groups in total. The zero-order valence-electron chi connectivity index (χ0n) is 7.05. The van der Waals surface area contributed by atoms with Gasteiger partial charge in [-0.2, -0.15) is 0 Å². The normalized spacial score (nSPS) is 16.7. The lowest BCUT2D eigenvalue weighted by molar-refractivity contribution is -0.121. The Morgan fingerprint density at radius 1 is 1.67 bits per heavy atom. The molecular weight excluding hydrogens is 156 g/mol. The van der Waals surface area contributed by atoms with Crippen LogP contribution in [0, 0.1) is 0 Å². The van der Waals surface area contributed by atoms with Crippen LogP contribution in [-0.4, -0.2) is 17.5 Å². The van der Waals surface area contributed by atoms with Crippen molar-refractivity contribution in [2.24, 2.45) is 4.99 Å². The van der Waals surface area contributed by atoms with E-state index in [0.29, 0.717) is 6.42 Å². The lowest BCUT2D eigenvalue weighted by Gasteiger charge is -2.08. The summed E-state index contributed by atoms with van der Waals surface area (Å²) < 4.78 is 0. The summed E-state index contributed by atoms with van der Waals surface area (Å²) >= 11 is 0. The van der Waals surface area contributed by atoms with Crippen molar-refractivity contribution < 1.29 is 9.59 Å². The minimum atomic E-state index is -0.367. The summed E-state index contributed by atoms with van der Waals surface area (Å²) in [6.07, 6.45) is 2.30. The fourth-order valence-corrected chi connectivity index (χ4v) is 0.910. The Morgan fingerprint density at radius 2 is 2.33 bits per heavy atom. The molecule has 0 bridgehead atoms. The van der Waals surface area contributed by atoms with Gasteiger partial charge in [0.25, 0.3) is 5.91 Å². The van der Waals surface area contributed by atoms with E-state index in [1.165, 1.54) is 6.92 Å². The number of nitrogens with one attached hydrogen (secondary N) is 1. The van der Waals surface area contributed by atoms with E-state index in [1.807, 2.05) is 0 Å². The molecule has 0 aliphatic carbocycles. The molecule has 0 saturated heterocycles.